The first-order chi connectivity index (χ1) is 21.1. The molecular formula is C30H37F3N8O3. The summed E-state index contributed by atoms with van der Waals surface area (Å²) in [4.78, 5) is 47.3. The van der Waals surface area contributed by atoms with Gasteiger partial charge < -0.3 is 15.1 Å². The van der Waals surface area contributed by atoms with E-state index in [0.717, 1.165) is 29.5 Å². The maximum atomic E-state index is 13.9. The van der Waals surface area contributed by atoms with Gasteiger partial charge in [0.2, 0.25) is 17.7 Å². The molecule has 2 aliphatic rings. The molecule has 1 aromatic carbocycles. The van der Waals surface area contributed by atoms with Gasteiger partial charge in [0, 0.05) is 52.0 Å². The van der Waals surface area contributed by atoms with Crippen LogP contribution >= 0.6 is 0 Å². The number of halogens is 3. The van der Waals surface area contributed by atoms with E-state index in [0.29, 0.717) is 31.4 Å². The summed E-state index contributed by atoms with van der Waals surface area (Å²) in [7, 11) is 1.78. The Kier molecular flexibility index (Phi) is 9.77. The number of likely N-dealkylation sites (tertiary alicyclic amines) is 2. The molecule has 0 bridgehead atoms. The molecule has 3 aromatic rings. The van der Waals surface area contributed by atoms with Crippen molar-refractivity contribution in [3.05, 3.63) is 53.9 Å². The van der Waals surface area contributed by atoms with E-state index in [1.54, 1.807) is 29.0 Å². The van der Waals surface area contributed by atoms with Crippen LogP contribution in [0.25, 0.3) is 11.0 Å². The molecule has 2 N–H and O–H groups in total. The van der Waals surface area contributed by atoms with Crippen molar-refractivity contribution in [3.8, 4) is 0 Å². The molecule has 11 nitrogen and oxygen atoms in total. The van der Waals surface area contributed by atoms with E-state index in [1.807, 2.05) is 30.3 Å². The van der Waals surface area contributed by atoms with Gasteiger partial charge >= 0.3 is 6.18 Å². The van der Waals surface area contributed by atoms with E-state index < -0.39 is 36.6 Å². The molecule has 2 aliphatic heterocycles. The Labute approximate surface area is 253 Å². The van der Waals surface area contributed by atoms with Gasteiger partial charge in [0.15, 0.2) is 0 Å². The predicted octanol–water partition coefficient (Wildman–Crippen LogP) is 2.36. The molecule has 4 heterocycles. The van der Waals surface area contributed by atoms with E-state index in [4.69, 9.17) is 0 Å². The lowest BCUT2D eigenvalue weighted by molar-refractivity contribution is -0.143. The molecule has 2 saturated heterocycles. The summed E-state index contributed by atoms with van der Waals surface area (Å²) in [5, 5.41) is 13.3. The molecule has 3 atom stereocenters. The molecule has 2 fully saturated rings. The molecule has 5 rings (SSSR count). The number of rotatable bonds is 11. The summed E-state index contributed by atoms with van der Waals surface area (Å²) < 4.78 is 41.3. The SMILES string of the molecule is Cn1nnc2cc(CNC(=O)C3CC(Cc4ccncc4)CN3C(=O)C(CCC(=O)N3CCCC3)NCC(F)(F)F)ccc21. The van der Waals surface area contributed by atoms with Crippen molar-refractivity contribution in [2.45, 2.75) is 63.3 Å². The second-order valence-corrected chi connectivity index (χ2v) is 11.6. The highest BCUT2D eigenvalue weighted by molar-refractivity contribution is 5.91. The Morgan fingerprint density at radius 1 is 1.07 bits per heavy atom. The van der Waals surface area contributed by atoms with Crippen LogP contribution in [0, 0.1) is 5.92 Å². The number of carbonyl (C=O) groups excluding carboxylic acids is 3. The molecule has 3 amide bonds. The van der Waals surface area contributed by atoms with Crippen molar-refractivity contribution in [1.82, 2.24) is 40.4 Å². The molecule has 236 valence electrons. The van der Waals surface area contributed by atoms with E-state index in [1.165, 1.54) is 4.90 Å². The van der Waals surface area contributed by atoms with Crippen LogP contribution in [0.4, 0.5) is 13.2 Å². The number of benzene rings is 1. The highest BCUT2D eigenvalue weighted by Crippen LogP contribution is 2.28. The number of pyridine rings is 1. The van der Waals surface area contributed by atoms with E-state index in [9.17, 15) is 27.6 Å². The summed E-state index contributed by atoms with van der Waals surface area (Å²) in [5.41, 5.74) is 3.29. The summed E-state index contributed by atoms with van der Waals surface area (Å²) in [6.07, 6.45) is 1.33. The molecule has 3 unspecified atom stereocenters. The number of nitrogens with zero attached hydrogens (tertiary/aromatic N) is 6. The minimum Gasteiger partial charge on any atom is -0.350 e. The largest absolute Gasteiger partial charge is 0.401 e. The van der Waals surface area contributed by atoms with Crippen molar-refractivity contribution in [1.29, 1.82) is 0 Å². The first-order valence-corrected chi connectivity index (χ1v) is 14.9. The van der Waals surface area contributed by atoms with Gasteiger partial charge in [0.1, 0.15) is 11.6 Å². The van der Waals surface area contributed by atoms with Gasteiger partial charge in [0.25, 0.3) is 0 Å². The highest BCUT2D eigenvalue weighted by atomic mass is 19.4. The number of alkyl halides is 3. The Hall–Kier alpha value is -4.07. The molecule has 0 radical (unpaired) electrons. The fraction of sp³-hybridized carbons (Fsp3) is 0.533. The number of aryl methyl sites for hydroxylation is 1. The van der Waals surface area contributed by atoms with E-state index in [2.05, 4.69) is 25.9 Å². The van der Waals surface area contributed by atoms with E-state index >= 15 is 0 Å². The van der Waals surface area contributed by atoms with Gasteiger partial charge in [-0.25, -0.2) is 4.68 Å². The molecular weight excluding hydrogens is 577 g/mol. The van der Waals surface area contributed by atoms with Crippen LogP contribution in [0.1, 0.15) is 43.2 Å². The molecule has 0 saturated carbocycles. The predicted molar refractivity (Wildman–Crippen MR) is 155 cm³/mol. The standard InChI is InChI=1S/C30H37F3N8O3/c1-39-25-6-4-21(15-24(25)37-38-39)17-35-28(43)26-16-22(14-20-8-10-34-11-9-20)18-41(26)29(44)23(36-19-30(31,32)33)5-7-27(42)40-12-2-3-13-40/h4,6,8-11,15,22-23,26,36H,2-3,5,7,12-14,16-19H2,1H3,(H,35,43). The third-order valence-electron chi connectivity index (χ3n) is 8.34. The first kappa shape index (κ1) is 31.4. The van der Waals surface area contributed by atoms with E-state index in [-0.39, 0.29) is 37.8 Å². The van der Waals surface area contributed by atoms with Crippen molar-refractivity contribution in [3.63, 3.8) is 0 Å². The fourth-order valence-electron chi connectivity index (χ4n) is 6.06. The van der Waals surface area contributed by atoms with Gasteiger partial charge in [-0.15, -0.1) is 5.10 Å². The second-order valence-electron chi connectivity index (χ2n) is 11.6. The second kappa shape index (κ2) is 13.7. The molecule has 0 spiro atoms. The number of hydrogen-bond acceptors (Lipinski definition) is 7. The maximum absolute atomic E-state index is 13.9. The summed E-state index contributed by atoms with van der Waals surface area (Å²) in [6, 6.07) is 7.11. The zero-order valence-corrected chi connectivity index (χ0v) is 24.6. The third kappa shape index (κ3) is 7.90. The van der Waals surface area contributed by atoms with Crippen LogP contribution in [-0.4, -0.2) is 91.9 Å². The van der Waals surface area contributed by atoms with Crippen LogP contribution in [-0.2, 0) is 34.4 Å². The molecule has 14 heteroatoms. The number of nitrogens with one attached hydrogen (secondary N) is 2. The minimum absolute atomic E-state index is 0.0583. The summed E-state index contributed by atoms with van der Waals surface area (Å²) >= 11 is 0. The van der Waals surface area contributed by atoms with Gasteiger partial charge in [-0.2, -0.15) is 13.2 Å². The molecule has 2 aromatic heterocycles. The zero-order valence-electron chi connectivity index (χ0n) is 24.6. The Bertz CT molecular complexity index is 1460. The Morgan fingerprint density at radius 3 is 2.55 bits per heavy atom. The lowest BCUT2D eigenvalue weighted by Crippen LogP contribution is -2.53. The number of fused-ring (bicyclic) bond motifs is 1. The average Bonchev–Trinajstić information content (AvgIpc) is 3.76. The number of amides is 3. The van der Waals surface area contributed by atoms with Gasteiger partial charge in [-0.05, 0) is 73.4 Å². The van der Waals surface area contributed by atoms with Gasteiger partial charge in [0.05, 0.1) is 18.1 Å². The number of aromatic nitrogens is 4. The fourth-order valence-corrected chi connectivity index (χ4v) is 6.06. The first-order valence-electron chi connectivity index (χ1n) is 14.9. The lowest BCUT2D eigenvalue weighted by Gasteiger charge is -2.29. The highest BCUT2D eigenvalue weighted by Gasteiger charge is 2.42. The van der Waals surface area contributed by atoms with Crippen LogP contribution < -0.4 is 10.6 Å². The smallest absolute Gasteiger partial charge is 0.350 e. The monoisotopic (exact) mass is 614 g/mol. The Balaban J connectivity index is 1.31. The number of hydrogen-bond donors (Lipinski definition) is 2. The topological polar surface area (TPSA) is 125 Å². The van der Waals surface area contributed by atoms with Crippen molar-refractivity contribution < 1.29 is 27.6 Å². The number of carbonyl (C=O) groups is 3. The van der Waals surface area contributed by atoms with Crippen molar-refractivity contribution >= 4 is 28.8 Å². The lowest BCUT2D eigenvalue weighted by atomic mass is 9.97. The van der Waals surface area contributed by atoms with Crippen LogP contribution in [0.3, 0.4) is 0 Å². The maximum Gasteiger partial charge on any atom is 0.401 e. The van der Waals surface area contributed by atoms with Crippen LogP contribution in [0.2, 0.25) is 0 Å². The Morgan fingerprint density at radius 2 is 1.82 bits per heavy atom. The quantitative estimate of drug-likeness (QED) is 0.340. The average molecular weight is 615 g/mol. The third-order valence-corrected chi connectivity index (χ3v) is 8.34. The summed E-state index contributed by atoms with van der Waals surface area (Å²) in [5.74, 6) is -1.28. The van der Waals surface area contributed by atoms with Crippen molar-refractivity contribution in [2.75, 3.05) is 26.2 Å². The molecule has 0 aliphatic carbocycles. The zero-order chi connectivity index (χ0) is 31.3. The normalized spacial score (nSPS) is 19.5. The minimum atomic E-state index is -4.55. The van der Waals surface area contributed by atoms with Crippen LogP contribution in [0.15, 0.2) is 42.7 Å². The summed E-state index contributed by atoms with van der Waals surface area (Å²) in [6.45, 7) is 0.232. The van der Waals surface area contributed by atoms with Crippen LogP contribution in [0.5, 0.6) is 0 Å². The van der Waals surface area contributed by atoms with Crippen molar-refractivity contribution in [2.24, 2.45) is 13.0 Å². The molecule has 44 heavy (non-hydrogen) atoms. The van der Waals surface area contributed by atoms with Gasteiger partial charge in [-0.3, -0.25) is 24.7 Å². The van der Waals surface area contributed by atoms with Gasteiger partial charge in [-0.1, -0.05) is 11.3 Å².